The number of hydrogen-bond donors (Lipinski definition) is 0. The third kappa shape index (κ3) is 52.6. The minimum atomic E-state index is -0.828. The maximum Gasteiger partial charge on any atom is 0.306 e. The van der Waals surface area contributed by atoms with Crippen LogP contribution in [0.2, 0.25) is 0 Å². The molecule has 0 saturated carbocycles. The summed E-state index contributed by atoms with van der Waals surface area (Å²) in [6, 6.07) is 0. The van der Waals surface area contributed by atoms with E-state index in [9.17, 15) is 14.4 Å². The number of carbonyl (C=O) groups excluding carboxylic acids is 3. The summed E-state index contributed by atoms with van der Waals surface area (Å²) in [5.74, 6) is -1.02. The molecule has 378 valence electrons. The standard InChI is InChI=1S/C61H98O6/c1-4-7-10-13-16-19-22-25-28-30-32-33-36-39-42-45-48-51-54-60(63)66-57-58(56-65-59(62)53-50-47-44-41-38-35-27-24-21-18-15-12-9-6-3)67-61(64)55-52-49-46-43-40-37-34-31-29-26-23-20-17-14-11-8-5-2/h9,12,17-18,20-22,25-30,32-35,37,43,46,58H,4-8,10-11,13-16,19,23-24,31,36,38-42,44-45,47-57H2,1-3H3/b12-9-,20-17-,21-18-,25-22-,29-26-,30-28-,33-32-,35-27-,37-34-,46-43-. The zero-order valence-corrected chi connectivity index (χ0v) is 43.1. The quantitative estimate of drug-likeness (QED) is 0.0199. The first-order valence-electron chi connectivity index (χ1n) is 27.1. The van der Waals surface area contributed by atoms with E-state index in [1.54, 1.807) is 0 Å². The second kappa shape index (κ2) is 54.4. The highest BCUT2D eigenvalue weighted by Crippen LogP contribution is 2.12. The summed E-state index contributed by atoms with van der Waals surface area (Å²) >= 11 is 0. The van der Waals surface area contributed by atoms with E-state index in [-0.39, 0.29) is 37.5 Å². The molecule has 0 aliphatic heterocycles. The zero-order valence-electron chi connectivity index (χ0n) is 43.1. The van der Waals surface area contributed by atoms with Crippen LogP contribution in [0.5, 0.6) is 0 Å². The Morgan fingerprint density at radius 1 is 0.328 bits per heavy atom. The van der Waals surface area contributed by atoms with Gasteiger partial charge < -0.3 is 14.2 Å². The van der Waals surface area contributed by atoms with Gasteiger partial charge in [-0.1, -0.05) is 213 Å². The molecule has 0 spiro atoms. The van der Waals surface area contributed by atoms with Crippen LogP contribution in [-0.2, 0) is 28.6 Å². The van der Waals surface area contributed by atoms with Gasteiger partial charge in [-0.25, -0.2) is 0 Å². The predicted molar refractivity (Wildman–Crippen MR) is 288 cm³/mol. The van der Waals surface area contributed by atoms with Crippen molar-refractivity contribution < 1.29 is 28.6 Å². The number of unbranched alkanes of at least 4 members (excludes halogenated alkanes) is 18. The van der Waals surface area contributed by atoms with Crippen LogP contribution in [0.3, 0.4) is 0 Å². The van der Waals surface area contributed by atoms with Gasteiger partial charge in [-0.2, -0.15) is 0 Å². The Balaban J connectivity index is 4.57. The van der Waals surface area contributed by atoms with Crippen molar-refractivity contribution in [3.8, 4) is 0 Å². The van der Waals surface area contributed by atoms with Crippen LogP contribution in [0.4, 0.5) is 0 Å². The van der Waals surface area contributed by atoms with Gasteiger partial charge in [0.15, 0.2) is 6.10 Å². The Hall–Kier alpha value is -4.19. The minimum absolute atomic E-state index is 0.121. The molecule has 0 aromatic carbocycles. The van der Waals surface area contributed by atoms with Crippen LogP contribution < -0.4 is 0 Å². The van der Waals surface area contributed by atoms with Crippen molar-refractivity contribution in [2.75, 3.05) is 13.2 Å². The van der Waals surface area contributed by atoms with E-state index in [0.717, 1.165) is 122 Å². The molecular formula is C61H98O6. The maximum atomic E-state index is 12.8. The van der Waals surface area contributed by atoms with E-state index in [1.165, 1.54) is 57.8 Å². The summed E-state index contributed by atoms with van der Waals surface area (Å²) in [5, 5.41) is 0. The minimum Gasteiger partial charge on any atom is -0.462 e. The van der Waals surface area contributed by atoms with Crippen molar-refractivity contribution in [3.63, 3.8) is 0 Å². The number of hydrogen-bond acceptors (Lipinski definition) is 6. The number of ether oxygens (including phenoxy) is 3. The molecule has 6 nitrogen and oxygen atoms in total. The fourth-order valence-electron chi connectivity index (χ4n) is 6.92. The summed E-state index contributed by atoms with van der Waals surface area (Å²) in [6.07, 6.45) is 74.7. The van der Waals surface area contributed by atoms with E-state index in [0.29, 0.717) is 19.3 Å². The first kappa shape index (κ1) is 62.8. The zero-order chi connectivity index (χ0) is 48.6. The van der Waals surface area contributed by atoms with Crippen molar-refractivity contribution >= 4 is 17.9 Å². The average Bonchev–Trinajstić information content (AvgIpc) is 3.33. The maximum absolute atomic E-state index is 12.8. The Kier molecular flexibility index (Phi) is 51.0. The molecule has 1 atom stereocenters. The highest BCUT2D eigenvalue weighted by Gasteiger charge is 2.19. The molecule has 0 aromatic rings. The lowest BCUT2D eigenvalue weighted by atomic mass is 10.1. The van der Waals surface area contributed by atoms with Crippen LogP contribution in [0.15, 0.2) is 122 Å². The van der Waals surface area contributed by atoms with E-state index >= 15 is 0 Å². The van der Waals surface area contributed by atoms with Gasteiger partial charge in [0, 0.05) is 19.3 Å². The van der Waals surface area contributed by atoms with Gasteiger partial charge in [0.25, 0.3) is 0 Å². The highest BCUT2D eigenvalue weighted by atomic mass is 16.6. The SMILES string of the molecule is CC/C=C\C/C=C\C/C=C\CCCCCCC(=O)OCC(COC(=O)CCCCCCC\C=C/C=C\C=C/CCCCCCC)OC(=O)CCC/C=C\C/C=C\C/C=C\C/C=C\CCCCC. The lowest BCUT2D eigenvalue weighted by molar-refractivity contribution is -0.167. The summed E-state index contributed by atoms with van der Waals surface area (Å²) < 4.78 is 16.7. The van der Waals surface area contributed by atoms with Gasteiger partial charge in [0.1, 0.15) is 13.2 Å². The summed E-state index contributed by atoms with van der Waals surface area (Å²) in [4.78, 5) is 38.0. The molecule has 0 radical (unpaired) electrons. The summed E-state index contributed by atoms with van der Waals surface area (Å²) in [7, 11) is 0. The van der Waals surface area contributed by atoms with Crippen LogP contribution >= 0.6 is 0 Å². The Bertz CT molecular complexity index is 1440. The van der Waals surface area contributed by atoms with Crippen molar-refractivity contribution in [1.82, 2.24) is 0 Å². The summed E-state index contributed by atoms with van der Waals surface area (Å²) in [6.45, 7) is 6.38. The van der Waals surface area contributed by atoms with Crippen LogP contribution in [0.25, 0.3) is 0 Å². The Labute approximate surface area is 412 Å². The monoisotopic (exact) mass is 927 g/mol. The highest BCUT2D eigenvalue weighted by molar-refractivity contribution is 5.71. The van der Waals surface area contributed by atoms with Crippen molar-refractivity contribution in [2.45, 2.75) is 232 Å². The smallest absolute Gasteiger partial charge is 0.306 e. The van der Waals surface area contributed by atoms with Gasteiger partial charge in [-0.15, -0.1) is 0 Å². The van der Waals surface area contributed by atoms with Gasteiger partial charge in [0.05, 0.1) is 0 Å². The first-order valence-corrected chi connectivity index (χ1v) is 27.1. The van der Waals surface area contributed by atoms with Crippen LogP contribution in [0.1, 0.15) is 226 Å². The average molecular weight is 927 g/mol. The van der Waals surface area contributed by atoms with E-state index < -0.39 is 6.10 Å². The molecule has 0 heterocycles. The third-order valence-corrected chi connectivity index (χ3v) is 11.0. The second-order valence-corrected chi connectivity index (χ2v) is 17.5. The number of allylic oxidation sites excluding steroid dienone is 20. The molecule has 0 aliphatic carbocycles. The molecule has 1 unspecified atom stereocenters. The molecule has 0 fully saturated rings. The lowest BCUT2D eigenvalue weighted by Crippen LogP contribution is -2.30. The van der Waals surface area contributed by atoms with Gasteiger partial charge in [-0.05, 0) is 116 Å². The fraction of sp³-hybridized carbons (Fsp3) is 0.623. The third-order valence-electron chi connectivity index (χ3n) is 11.0. The number of carbonyl (C=O) groups is 3. The molecule has 0 aliphatic rings. The molecule has 67 heavy (non-hydrogen) atoms. The molecule has 0 bridgehead atoms. The van der Waals surface area contributed by atoms with Gasteiger partial charge >= 0.3 is 17.9 Å². The van der Waals surface area contributed by atoms with Crippen molar-refractivity contribution in [2.24, 2.45) is 0 Å². The van der Waals surface area contributed by atoms with Gasteiger partial charge in [0.2, 0.25) is 0 Å². The second-order valence-electron chi connectivity index (χ2n) is 17.5. The van der Waals surface area contributed by atoms with E-state index in [1.807, 2.05) is 0 Å². The number of esters is 3. The van der Waals surface area contributed by atoms with Crippen LogP contribution in [-0.4, -0.2) is 37.2 Å². The Morgan fingerprint density at radius 2 is 0.657 bits per heavy atom. The van der Waals surface area contributed by atoms with Crippen LogP contribution in [0, 0.1) is 0 Å². The predicted octanol–water partition coefficient (Wildman–Crippen LogP) is 18.1. The topological polar surface area (TPSA) is 78.9 Å². The molecule has 0 aromatic heterocycles. The lowest BCUT2D eigenvalue weighted by Gasteiger charge is -2.18. The molecule has 0 N–H and O–H groups in total. The normalized spacial score (nSPS) is 13.1. The molecule has 0 amide bonds. The van der Waals surface area contributed by atoms with Crippen molar-refractivity contribution in [1.29, 1.82) is 0 Å². The van der Waals surface area contributed by atoms with Gasteiger partial charge in [-0.3, -0.25) is 14.4 Å². The first-order chi connectivity index (χ1) is 33.0. The van der Waals surface area contributed by atoms with Crippen molar-refractivity contribution in [3.05, 3.63) is 122 Å². The number of rotatable bonds is 47. The summed E-state index contributed by atoms with van der Waals surface area (Å²) in [5.41, 5.74) is 0. The Morgan fingerprint density at radius 3 is 1.10 bits per heavy atom. The van der Waals surface area contributed by atoms with E-state index in [2.05, 4.69) is 142 Å². The van der Waals surface area contributed by atoms with E-state index in [4.69, 9.17) is 14.2 Å². The molecular weight excluding hydrogens is 829 g/mol. The molecule has 6 heteroatoms. The largest absolute Gasteiger partial charge is 0.462 e. The molecule has 0 rings (SSSR count). The molecule has 0 saturated heterocycles. The fourth-order valence-corrected chi connectivity index (χ4v) is 6.92.